The smallest absolute Gasteiger partial charge is 0.219 e. The summed E-state index contributed by atoms with van der Waals surface area (Å²) in [6.45, 7) is 0. The molecular formula is C17H11Cl2NO3S. The molecule has 0 amide bonds. The fourth-order valence-corrected chi connectivity index (χ4v) is 3.50. The molecule has 0 N–H and O–H groups in total. The summed E-state index contributed by atoms with van der Waals surface area (Å²) in [5.74, 6) is 0.705. The summed E-state index contributed by atoms with van der Waals surface area (Å²) in [4.78, 5) is 4.35. The van der Waals surface area contributed by atoms with Gasteiger partial charge in [0.25, 0.3) is 0 Å². The molecule has 0 bridgehead atoms. The Morgan fingerprint density at radius 3 is 2.21 bits per heavy atom. The largest absolute Gasteiger partial charge is 0.439 e. The van der Waals surface area contributed by atoms with Crippen molar-refractivity contribution in [3.05, 3.63) is 76.9 Å². The van der Waals surface area contributed by atoms with Crippen LogP contribution in [0.1, 0.15) is 0 Å². The molecule has 3 aromatic rings. The van der Waals surface area contributed by atoms with Crippen LogP contribution in [0.4, 0.5) is 0 Å². The van der Waals surface area contributed by atoms with Crippen molar-refractivity contribution in [2.75, 3.05) is 0 Å². The molecule has 0 fully saturated rings. The van der Waals surface area contributed by atoms with Gasteiger partial charge in [0.2, 0.25) is 15.7 Å². The first kappa shape index (κ1) is 16.8. The van der Waals surface area contributed by atoms with Crippen molar-refractivity contribution in [2.45, 2.75) is 9.79 Å². The molecule has 0 radical (unpaired) electrons. The minimum atomic E-state index is -3.60. The molecule has 1 aromatic heterocycles. The van der Waals surface area contributed by atoms with E-state index in [1.807, 2.05) is 0 Å². The maximum absolute atomic E-state index is 12.5. The Bertz CT molecular complexity index is 959. The average molecular weight is 380 g/mol. The summed E-state index contributed by atoms with van der Waals surface area (Å²) in [5, 5.41) is 0.777. The Kier molecular flexibility index (Phi) is 4.76. The quantitative estimate of drug-likeness (QED) is 0.638. The Labute approximate surface area is 149 Å². The number of benzene rings is 2. The van der Waals surface area contributed by atoms with Crippen LogP contribution in [0.5, 0.6) is 11.6 Å². The van der Waals surface area contributed by atoms with Crippen LogP contribution in [-0.4, -0.2) is 13.4 Å². The molecule has 0 spiro atoms. The number of rotatable bonds is 4. The van der Waals surface area contributed by atoms with Gasteiger partial charge in [0.05, 0.1) is 19.8 Å². The van der Waals surface area contributed by atoms with Gasteiger partial charge < -0.3 is 4.74 Å². The molecule has 122 valence electrons. The summed E-state index contributed by atoms with van der Waals surface area (Å²) in [6.07, 6.45) is 1.26. The predicted octanol–water partition coefficient (Wildman–Crippen LogP) is 5.01. The minimum Gasteiger partial charge on any atom is -0.439 e. The first-order valence-corrected chi connectivity index (χ1v) is 9.10. The van der Waals surface area contributed by atoms with Crippen molar-refractivity contribution in [3.63, 3.8) is 0 Å². The molecule has 24 heavy (non-hydrogen) atoms. The van der Waals surface area contributed by atoms with Crippen molar-refractivity contribution in [3.8, 4) is 11.6 Å². The first-order chi connectivity index (χ1) is 11.5. The third kappa shape index (κ3) is 3.53. The highest BCUT2D eigenvalue weighted by atomic mass is 35.5. The molecule has 1 heterocycles. The van der Waals surface area contributed by atoms with E-state index in [-0.39, 0.29) is 15.7 Å². The van der Waals surface area contributed by atoms with Gasteiger partial charge in [-0.05, 0) is 30.3 Å². The zero-order valence-corrected chi connectivity index (χ0v) is 14.5. The fraction of sp³-hybridized carbons (Fsp3) is 0. The Morgan fingerprint density at radius 2 is 1.58 bits per heavy atom. The number of ether oxygens (including phenoxy) is 1. The average Bonchev–Trinajstić information content (AvgIpc) is 2.59. The second kappa shape index (κ2) is 6.81. The molecule has 2 aromatic carbocycles. The monoisotopic (exact) mass is 379 g/mol. The topological polar surface area (TPSA) is 56.3 Å². The van der Waals surface area contributed by atoms with Crippen molar-refractivity contribution >= 4 is 33.0 Å². The maximum atomic E-state index is 12.5. The van der Waals surface area contributed by atoms with E-state index in [4.69, 9.17) is 27.9 Å². The molecular weight excluding hydrogens is 369 g/mol. The molecule has 0 aliphatic carbocycles. The number of hydrogen-bond donors (Lipinski definition) is 0. The second-order valence-electron chi connectivity index (χ2n) is 4.83. The lowest BCUT2D eigenvalue weighted by molar-refractivity contribution is 0.462. The molecule has 0 saturated carbocycles. The van der Waals surface area contributed by atoms with E-state index in [1.165, 1.54) is 30.5 Å². The van der Waals surface area contributed by atoms with Crippen molar-refractivity contribution in [1.82, 2.24) is 4.98 Å². The van der Waals surface area contributed by atoms with E-state index < -0.39 is 9.84 Å². The number of nitrogens with zero attached hydrogens (tertiary/aromatic N) is 1. The van der Waals surface area contributed by atoms with Crippen LogP contribution < -0.4 is 4.74 Å². The highest BCUT2D eigenvalue weighted by Crippen LogP contribution is 2.29. The lowest BCUT2D eigenvalue weighted by Gasteiger charge is -2.07. The third-order valence-corrected chi connectivity index (χ3v) is 5.68. The summed E-state index contributed by atoms with van der Waals surface area (Å²) < 4.78 is 30.5. The summed E-state index contributed by atoms with van der Waals surface area (Å²) >= 11 is 11.8. The number of aromatic nitrogens is 1. The van der Waals surface area contributed by atoms with E-state index in [1.54, 1.807) is 36.4 Å². The zero-order chi connectivity index (χ0) is 17.2. The molecule has 7 heteroatoms. The van der Waals surface area contributed by atoms with E-state index >= 15 is 0 Å². The predicted molar refractivity (Wildman–Crippen MR) is 92.7 cm³/mol. The normalized spacial score (nSPS) is 11.2. The second-order valence-corrected chi connectivity index (χ2v) is 7.59. The maximum Gasteiger partial charge on any atom is 0.219 e. The van der Waals surface area contributed by atoms with Gasteiger partial charge in [-0.15, -0.1) is 0 Å². The van der Waals surface area contributed by atoms with E-state index in [9.17, 15) is 8.42 Å². The van der Waals surface area contributed by atoms with Gasteiger partial charge >= 0.3 is 0 Å². The Balaban J connectivity index is 1.84. The van der Waals surface area contributed by atoms with Crippen LogP contribution in [0.25, 0.3) is 0 Å². The molecule has 3 rings (SSSR count). The third-order valence-electron chi connectivity index (χ3n) is 3.19. The van der Waals surface area contributed by atoms with Gasteiger partial charge in [0, 0.05) is 18.3 Å². The highest BCUT2D eigenvalue weighted by molar-refractivity contribution is 7.91. The van der Waals surface area contributed by atoms with Crippen LogP contribution in [0.3, 0.4) is 0 Å². The van der Waals surface area contributed by atoms with Gasteiger partial charge in [0.15, 0.2) is 0 Å². The van der Waals surface area contributed by atoms with Crippen molar-refractivity contribution in [2.24, 2.45) is 0 Å². The Morgan fingerprint density at radius 1 is 0.833 bits per heavy atom. The standard InChI is InChI=1S/C17H11Cl2NO3S/c18-15-8-6-12(10-16(15)19)23-17-9-7-14(11-20-17)24(21,22)13-4-2-1-3-5-13/h1-11H. The molecule has 4 nitrogen and oxygen atoms in total. The molecule has 0 aliphatic rings. The van der Waals surface area contributed by atoms with Gasteiger partial charge in [-0.25, -0.2) is 13.4 Å². The van der Waals surface area contributed by atoms with E-state index in [2.05, 4.69) is 4.98 Å². The molecule has 0 saturated heterocycles. The van der Waals surface area contributed by atoms with Crippen molar-refractivity contribution < 1.29 is 13.2 Å². The zero-order valence-electron chi connectivity index (χ0n) is 12.2. The summed E-state index contributed by atoms with van der Waals surface area (Å²) in [6, 6.07) is 15.9. The van der Waals surface area contributed by atoms with Crippen LogP contribution >= 0.6 is 23.2 Å². The number of sulfone groups is 1. The van der Waals surface area contributed by atoms with E-state index in [0.29, 0.717) is 15.8 Å². The summed E-state index contributed by atoms with van der Waals surface area (Å²) in [7, 11) is -3.60. The molecule has 0 aliphatic heterocycles. The molecule has 0 atom stereocenters. The number of hydrogen-bond acceptors (Lipinski definition) is 4. The SMILES string of the molecule is O=S(=O)(c1ccccc1)c1ccc(Oc2ccc(Cl)c(Cl)c2)nc1. The van der Waals surface area contributed by atoms with Gasteiger partial charge in [-0.2, -0.15) is 0 Å². The first-order valence-electron chi connectivity index (χ1n) is 6.86. The van der Waals surface area contributed by atoms with Gasteiger partial charge in [-0.3, -0.25) is 0 Å². The van der Waals surface area contributed by atoms with Crippen LogP contribution in [0.15, 0.2) is 76.7 Å². The van der Waals surface area contributed by atoms with Crippen LogP contribution in [-0.2, 0) is 9.84 Å². The lowest BCUT2D eigenvalue weighted by atomic mass is 10.3. The summed E-state index contributed by atoms with van der Waals surface area (Å²) in [5.41, 5.74) is 0. The lowest BCUT2D eigenvalue weighted by Crippen LogP contribution is -2.02. The fourth-order valence-electron chi connectivity index (χ4n) is 1.98. The highest BCUT2D eigenvalue weighted by Gasteiger charge is 2.17. The van der Waals surface area contributed by atoms with E-state index in [0.717, 1.165) is 0 Å². The number of pyridine rings is 1. The van der Waals surface area contributed by atoms with Crippen LogP contribution in [0.2, 0.25) is 10.0 Å². The minimum absolute atomic E-state index is 0.0928. The van der Waals surface area contributed by atoms with Gasteiger partial charge in [0.1, 0.15) is 5.75 Å². The van der Waals surface area contributed by atoms with Crippen molar-refractivity contribution in [1.29, 1.82) is 0 Å². The van der Waals surface area contributed by atoms with Gasteiger partial charge in [-0.1, -0.05) is 41.4 Å². The Hall–Kier alpha value is -2.08. The number of halogens is 2. The van der Waals surface area contributed by atoms with Crippen LogP contribution in [0, 0.1) is 0 Å². The molecule has 0 unspecified atom stereocenters.